The van der Waals surface area contributed by atoms with Gasteiger partial charge in [0.15, 0.2) is 0 Å². The van der Waals surface area contributed by atoms with Crippen molar-refractivity contribution in [3.8, 4) is 0 Å². The topological polar surface area (TPSA) is 183 Å². The number of halogens is 2. The van der Waals surface area contributed by atoms with Gasteiger partial charge in [-0.05, 0) is 73.5 Å². The van der Waals surface area contributed by atoms with Gasteiger partial charge in [0.1, 0.15) is 10.1 Å². The third-order valence-electron chi connectivity index (χ3n) is 6.75. The van der Waals surface area contributed by atoms with Crippen molar-refractivity contribution in [1.82, 2.24) is 29.9 Å². The minimum Gasteiger partial charge on any atom is -0.744 e. The van der Waals surface area contributed by atoms with Crippen LogP contribution in [0, 0.1) is 20.8 Å². The first-order chi connectivity index (χ1) is 20.4. The van der Waals surface area contributed by atoms with Crippen molar-refractivity contribution >= 4 is 68.5 Å². The van der Waals surface area contributed by atoms with Crippen LogP contribution in [-0.4, -0.2) is 56.0 Å². The Morgan fingerprint density at radius 3 is 1.36 bits per heavy atom. The van der Waals surface area contributed by atoms with Gasteiger partial charge in [-0.3, -0.25) is 0 Å². The van der Waals surface area contributed by atoms with E-state index in [4.69, 9.17) is 23.2 Å². The maximum absolute atomic E-state index is 12.4. The second kappa shape index (κ2) is 18.2. The standard InChI is InChI=1S/C27H40Cl2N10O3S.Na/c1-6-8-10-12-14-30-24-34-22(28)36-26(38-24)32-19-16(3)20(18(5)21(17(19)4)43(40,41)42)33-27-37-23(29)35-25(39-27)31-15-13-11-9-7-2;/h6-15H2,1-5H3,(H,40,41,42)(H2,30,32,34,36,38)(H2,31,33,35,37,39);/q;+1/p-1. The summed E-state index contributed by atoms with van der Waals surface area (Å²) in [6.07, 6.45) is 8.52. The molecule has 44 heavy (non-hydrogen) atoms. The molecule has 1 aromatic carbocycles. The first kappa shape index (κ1) is 38.1. The number of anilines is 6. The van der Waals surface area contributed by atoms with E-state index in [1.807, 2.05) is 0 Å². The quantitative estimate of drug-likeness (QED) is 0.0924. The zero-order valence-corrected chi connectivity index (χ0v) is 30.5. The molecule has 3 rings (SSSR count). The molecule has 4 N–H and O–H groups in total. The van der Waals surface area contributed by atoms with Crippen molar-refractivity contribution in [2.24, 2.45) is 0 Å². The first-order valence-corrected chi connectivity index (χ1v) is 16.6. The largest absolute Gasteiger partial charge is 1.00 e. The van der Waals surface area contributed by atoms with Gasteiger partial charge in [-0.2, -0.15) is 29.9 Å². The van der Waals surface area contributed by atoms with Crippen LogP contribution in [0.2, 0.25) is 10.6 Å². The third kappa shape index (κ3) is 11.1. The molecule has 0 amide bonds. The van der Waals surface area contributed by atoms with E-state index in [-0.39, 0.29) is 75.0 Å². The molecule has 13 nitrogen and oxygen atoms in total. The molecule has 17 heteroatoms. The maximum atomic E-state index is 12.4. The summed E-state index contributed by atoms with van der Waals surface area (Å²) in [6.45, 7) is 10.4. The average Bonchev–Trinajstić information content (AvgIpc) is 2.92. The zero-order valence-electron chi connectivity index (χ0n) is 26.1. The van der Waals surface area contributed by atoms with Crippen LogP contribution in [0.4, 0.5) is 35.2 Å². The number of hydrogen-bond donors (Lipinski definition) is 4. The molecule has 0 atom stereocenters. The Balaban J connectivity index is 0.00000675. The average molecular weight is 678 g/mol. The first-order valence-electron chi connectivity index (χ1n) is 14.4. The molecule has 3 aromatic rings. The molecule has 2 heterocycles. The van der Waals surface area contributed by atoms with Gasteiger partial charge in [0, 0.05) is 13.1 Å². The predicted molar refractivity (Wildman–Crippen MR) is 170 cm³/mol. The van der Waals surface area contributed by atoms with Crippen LogP contribution >= 0.6 is 23.2 Å². The molecular weight excluding hydrogens is 638 g/mol. The van der Waals surface area contributed by atoms with Crippen molar-refractivity contribution in [2.45, 2.75) is 90.9 Å². The fraction of sp³-hybridized carbons (Fsp3) is 0.556. The fourth-order valence-corrected chi connectivity index (χ4v) is 5.92. The molecule has 0 aliphatic rings. The molecule has 236 valence electrons. The minimum absolute atomic E-state index is 0. The Morgan fingerprint density at radius 2 is 1.00 bits per heavy atom. The zero-order chi connectivity index (χ0) is 31.6. The monoisotopic (exact) mass is 676 g/mol. The van der Waals surface area contributed by atoms with Gasteiger partial charge in [0.2, 0.25) is 34.4 Å². The number of benzene rings is 1. The van der Waals surface area contributed by atoms with Crippen molar-refractivity contribution in [1.29, 1.82) is 0 Å². The molecule has 0 aliphatic carbocycles. The van der Waals surface area contributed by atoms with Crippen molar-refractivity contribution in [2.75, 3.05) is 34.4 Å². The Morgan fingerprint density at radius 1 is 0.614 bits per heavy atom. The van der Waals surface area contributed by atoms with Crippen LogP contribution in [0.15, 0.2) is 4.90 Å². The third-order valence-corrected chi connectivity index (χ3v) is 8.20. The van der Waals surface area contributed by atoms with E-state index in [0.29, 0.717) is 30.0 Å². The second-order valence-electron chi connectivity index (χ2n) is 10.1. The number of hydrogen-bond acceptors (Lipinski definition) is 13. The van der Waals surface area contributed by atoms with Gasteiger partial charge < -0.3 is 25.8 Å². The van der Waals surface area contributed by atoms with Crippen molar-refractivity contribution in [3.05, 3.63) is 27.3 Å². The van der Waals surface area contributed by atoms with Crippen LogP contribution in [0.5, 0.6) is 0 Å². The van der Waals surface area contributed by atoms with Crippen LogP contribution < -0.4 is 50.8 Å². The molecule has 0 spiro atoms. The van der Waals surface area contributed by atoms with Crippen LogP contribution in [0.3, 0.4) is 0 Å². The summed E-state index contributed by atoms with van der Waals surface area (Å²) in [4.78, 5) is 24.9. The van der Waals surface area contributed by atoms with Gasteiger partial charge in [-0.25, -0.2) is 8.42 Å². The van der Waals surface area contributed by atoms with Crippen molar-refractivity contribution in [3.63, 3.8) is 0 Å². The van der Waals surface area contributed by atoms with E-state index in [0.717, 1.165) is 51.4 Å². The van der Waals surface area contributed by atoms with Gasteiger partial charge in [0.25, 0.3) is 0 Å². The maximum Gasteiger partial charge on any atom is 1.00 e. The Hall–Kier alpha value is -2.07. The molecular formula is C27H39Cl2N10NaO3S. The normalized spacial score (nSPS) is 11.2. The Bertz CT molecular complexity index is 1420. The molecule has 0 saturated carbocycles. The summed E-state index contributed by atoms with van der Waals surface area (Å²) < 4.78 is 37.3. The van der Waals surface area contributed by atoms with E-state index >= 15 is 0 Å². The van der Waals surface area contributed by atoms with Crippen LogP contribution in [0.25, 0.3) is 0 Å². The minimum atomic E-state index is -4.90. The Kier molecular flexibility index (Phi) is 15.7. The fourth-order valence-electron chi connectivity index (χ4n) is 4.64. The molecule has 0 radical (unpaired) electrons. The molecule has 0 bridgehead atoms. The van der Waals surface area contributed by atoms with E-state index < -0.39 is 15.0 Å². The van der Waals surface area contributed by atoms with Crippen LogP contribution in [-0.2, 0) is 10.1 Å². The SMILES string of the molecule is CCCCCCNc1nc(Cl)nc(Nc2c(C)c(Nc3nc(Cl)nc(NCCCCCC)n3)c(C)c(S(=O)(=O)[O-])c2C)n1.[Na+]. The van der Waals surface area contributed by atoms with Gasteiger partial charge in [-0.1, -0.05) is 52.4 Å². The van der Waals surface area contributed by atoms with Gasteiger partial charge >= 0.3 is 29.6 Å². The van der Waals surface area contributed by atoms with Crippen molar-refractivity contribution < 1.29 is 42.5 Å². The van der Waals surface area contributed by atoms with E-state index in [1.165, 1.54) is 13.8 Å². The van der Waals surface area contributed by atoms with E-state index in [1.54, 1.807) is 6.92 Å². The predicted octanol–water partition coefficient (Wildman–Crippen LogP) is 3.67. The molecule has 2 aromatic heterocycles. The number of nitrogens with zero attached hydrogens (tertiary/aromatic N) is 6. The second-order valence-corrected chi connectivity index (χ2v) is 12.1. The number of rotatable bonds is 17. The summed E-state index contributed by atoms with van der Waals surface area (Å²) >= 11 is 12.4. The number of nitrogens with one attached hydrogen (secondary N) is 4. The summed E-state index contributed by atoms with van der Waals surface area (Å²) in [5.41, 5.74) is 1.55. The van der Waals surface area contributed by atoms with Crippen LogP contribution in [0.1, 0.15) is 81.9 Å². The summed E-state index contributed by atoms with van der Waals surface area (Å²) in [5.74, 6) is 0.685. The number of unbranched alkanes of at least 4 members (excludes halogenated alkanes) is 6. The Labute approximate surface area is 291 Å². The van der Waals surface area contributed by atoms with Gasteiger partial charge in [-0.15, -0.1) is 0 Å². The molecule has 0 saturated heterocycles. The molecule has 0 aliphatic heterocycles. The van der Waals surface area contributed by atoms with Gasteiger partial charge in [0.05, 0.1) is 16.3 Å². The smallest absolute Gasteiger partial charge is 0.744 e. The van der Waals surface area contributed by atoms with E-state index in [9.17, 15) is 13.0 Å². The molecule has 0 fully saturated rings. The van der Waals surface area contributed by atoms with E-state index in [2.05, 4.69) is 65.0 Å². The summed E-state index contributed by atoms with van der Waals surface area (Å²) in [7, 11) is -4.90. The number of aromatic nitrogens is 6. The summed E-state index contributed by atoms with van der Waals surface area (Å²) in [5, 5.41) is 12.3. The summed E-state index contributed by atoms with van der Waals surface area (Å²) in [6, 6.07) is 0. The molecule has 0 unspecified atom stereocenters.